The summed E-state index contributed by atoms with van der Waals surface area (Å²) in [7, 11) is 0. The van der Waals surface area contributed by atoms with Gasteiger partial charge in [0.05, 0.1) is 35.7 Å². The van der Waals surface area contributed by atoms with E-state index in [0.29, 0.717) is 47.8 Å². The van der Waals surface area contributed by atoms with E-state index in [9.17, 15) is 15.2 Å². The molecule has 1 aliphatic heterocycles. The van der Waals surface area contributed by atoms with Crippen molar-refractivity contribution in [2.24, 2.45) is 0 Å². The lowest BCUT2D eigenvalue weighted by molar-refractivity contribution is -0.116. The quantitative estimate of drug-likeness (QED) is 0.129. The highest BCUT2D eigenvalue weighted by atomic mass is 16.5. The van der Waals surface area contributed by atoms with Gasteiger partial charge in [-0.3, -0.25) is 9.20 Å². The number of aliphatic hydroxyl groups is 1. The fourth-order valence-electron chi connectivity index (χ4n) is 7.56. The second kappa shape index (κ2) is 15.7. The minimum atomic E-state index is -0.857. The molecule has 2 aromatic carbocycles. The summed E-state index contributed by atoms with van der Waals surface area (Å²) < 4.78 is 16.0. The van der Waals surface area contributed by atoms with Crippen molar-refractivity contribution < 1.29 is 19.4 Å². The molecule has 2 N–H and O–H groups in total. The first-order chi connectivity index (χ1) is 25.7. The van der Waals surface area contributed by atoms with Gasteiger partial charge in [-0.25, -0.2) is 4.68 Å². The van der Waals surface area contributed by atoms with Gasteiger partial charge in [-0.1, -0.05) is 30.3 Å². The van der Waals surface area contributed by atoms with Crippen LogP contribution in [-0.4, -0.2) is 61.2 Å². The van der Waals surface area contributed by atoms with E-state index in [4.69, 9.17) is 14.6 Å². The Hall–Kier alpha value is -5.41. The predicted octanol–water partition coefficient (Wildman–Crippen LogP) is 7.27. The molecule has 1 saturated heterocycles. The van der Waals surface area contributed by atoms with Crippen molar-refractivity contribution in [3.8, 4) is 23.3 Å². The minimum Gasteiger partial charge on any atom is -0.491 e. The van der Waals surface area contributed by atoms with Gasteiger partial charge in [0.15, 0.2) is 5.65 Å². The molecule has 1 aliphatic carbocycles. The van der Waals surface area contributed by atoms with Crippen LogP contribution in [0.15, 0.2) is 72.9 Å². The molecule has 7 rings (SSSR count). The van der Waals surface area contributed by atoms with E-state index in [1.54, 1.807) is 36.7 Å². The number of aliphatic hydroxyl groups excluding tert-OH is 1. The highest BCUT2D eigenvalue weighted by Gasteiger charge is 2.30. The maximum absolute atomic E-state index is 13.4. The van der Waals surface area contributed by atoms with Gasteiger partial charge in [0, 0.05) is 31.1 Å². The van der Waals surface area contributed by atoms with Crippen LogP contribution < -0.4 is 19.7 Å². The van der Waals surface area contributed by atoms with Gasteiger partial charge in [-0.2, -0.15) is 10.4 Å². The number of carbonyl (C=O) groups is 1. The Morgan fingerprint density at radius 3 is 2.68 bits per heavy atom. The molecular formula is C41H48N8O4. The maximum atomic E-state index is 13.4. The maximum Gasteiger partial charge on any atom is 0.232 e. The third kappa shape index (κ3) is 7.86. The first-order valence-corrected chi connectivity index (χ1v) is 18.8. The summed E-state index contributed by atoms with van der Waals surface area (Å²) in [6, 6.07) is 24.2. The molecule has 3 atom stereocenters. The number of piperidine rings is 1. The summed E-state index contributed by atoms with van der Waals surface area (Å²) in [4.78, 5) is 15.7. The van der Waals surface area contributed by atoms with Gasteiger partial charge in [-0.15, -0.1) is 10.2 Å². The first kappa shape index (κ1) is 36.0. The molecule has 53 heavy (non-hydrogen) atoms. The molecule has 276 valence electrons. The van der Waals surface area contributed by atoms with Crippen LogP contribution in [0.4, 0.5) is 11.8 Å². The molecule has 1 amide bonds. The van der Waals surface area contributed by atoms with E-state index in [1.807, 2.05) is 30.5 Å². The van der Waals surface area contributed by atoms with E-state index in [1.165, 1.54) is 17.5 Å². The molecule has 0 saturated carbocycles. The number of fused-ring (bicyclic) bond motifs is 2. The summed E-state index contributed by atoms with van der Waals surface area (Å²) in [6.07, 6.45) is 9.28. The second-order valence-corrected chi connectivity index (χ2v) is 14.7. The number of nitrogens with zero attached hydrogens (tertiary/aromatic N) is 7. The number of carbonyl (C=O) groups excluding carboxylic acids is 1. The van der Waals surface area contributed by atoms with Crippen LogP contribution in [0.2, 0.25) is 0 Å². The van der Waals surface area contributed by atoms with Crippen LogP contribution in [0.25, 0.3) is 11.3 Å². The summed E-state index contributed by atoms with van der Waals surface area (Å²) >= 11 is 0. The van der Waals surface area contributed by atoms with Crippen LogP contribution in [0, 0.1) is 11.3 Å². The Morgan fingerprint density at radius 1 is 1.02 bits per heavy atom. The van der Waals surface area contributed by atoms with E-state index in [0.717, 1.165) is 56.0 Å². The van der Waals surface area contributed by atoms with Crippen molar-refractivity contribution in [1.29, 1.82) is 5.26 Å². The fraction of sp³-hybridized carbons (Fsp3) is 0.439. The molecule has 3 unspecified atom stereocenters. The van der Waals surface area contributed by atoms with Crippen LogP contribution in [-0.2, 0) is 10.2 Å². The Balaban J connectivity index is 1.01. The Labute approximate surface area is 310 Å². The van der Waals surface area contributed by atoms with Gasteiger partial charge >= 0.3 is 0 Å². The van der Waals surface area contributed by atoms with Gasteiger partial charge in [-0.05, 0) is 107 Å². The third-order valence-corrected chi connectivity index (χ3v) is 10.5. The zero-order chi connectivity index (χ0) is 37.0. The second-order valence-electron chi connectivity index (χ2n) is 14.7. The molecule has 5 aromatic rings. The van der Waals surface area contributed by atoms with Crippen LogP contribution in [0.5, 0.6) is 11.5 Å². The zero-order valence-corrected chi connectivity index (χ0v) is 30.7. The van der Waals surface area contributed by atoms with Crippen molar-refractivity contribution in [2.45, 2.75) is 95.6 Å². The lowest BCUT2D eigenvalue weighted by atomic mass is 9.79. The summed E-state index contributed by atoms with van der Waals surface area (Å²) in [5.74, 6) is 2.93. The number of pyridine rings is 1. The van der Waals surface area contributed by atoms with E-state index in [-0.39, 0.29) is 25.2 Å². The number of nitriles is 1. The first-order valence-electron chi connectivity index (χ1n) is 18.8. The van der Waals surface area contributed by atoms with Crippen molar-refractivity contribution in [2.75, 3.05) is 30.0 Å². The standard InChI is InChI=1S/C41H48N8O4/c1-28-10-6-7-21-47(28)40-45-44-37-20-18-32(26-48(37)40)53-35-19-17-29(33-14-4-5-15-34(33)35)11-8-16-39(51)43-38-25-36(41(2,3)27-42)46-49(38)30-12-9-13-31(24-30)52-23-22-50/h4-5,9,12-15,18,20,24-26,28-29,35,50H,6-8,10-11,16-17,19,21-23H2,1-3H3,(H,43,51). The van der Waals surface area contributed by atoms with Crippen molar-refractivity contribution in [3.05, 3.63) is 89.7 Å². The summed E-state index contributed by atoms with van der Waals surface area (Å²) in [5, 5.41) is 35.7. The van der Waals surface area contributed by atoms with Crippen molar-refractivity contribution in [3.63, 3.8) is 0 Å². The monoisotopic (exact) mass is 716 g/mol. The van der Waals surface area contributed by atoms with E-state index in [2.05, 4.69) is 62.1 Å². The molecule has 3 aromatic heterocycles. The van der Waals surface area contributed by atoms with Crippen molar-refractivity contribution in [1.82, 2.24) is 24.4 Å². The number of nitrogens with one attached hydrogen (secondary N) is 1. The van der Waals surface area contributed by atoms with Crippen LogP contribution in [0.1, 0.15) is 101 Å². The molecule has 0 spiro atoms. The van der Waals surface area contributed by atoms with Gasteiger partial charge < -0.3 is 24.8 Å². The lowest BCUT2D eigenvalue weighted by Gasteiger charge is -2.33. The van der Waals surface area contributed by atoms with Crippen LogP contribution >= 0.6 is 0 Å². The average Bonchev–Trinajstić information content (AvgIpc) is 3.80. The summed E-state index contributed by atoms with van der Waals surface area (Å²) in [5.41, 5.74) is 3.65. The molecule has 0 bridgehead atoms. The fourth-order valence-corrected chi connectivity index (χ4v) is 7.56. The van der Waals surface area contributed by atoms with E-state index < -0.39 is 5.41 Å². The third-order valence-electron chi connectivity index (χ3n) is 10.5. The predicted molar refractivity (Wildman–Crippen MR) is 203 cm³/mol. The SMILES string of the molecule is CC1CCCCN1c1nnc2ccc(OC3CCC(CCCC(=O)Nc4cc(C(C)(C)C#N)nn4-c4cccc(OCCO)c4)c4ccccc43)cn12. The van der Waals surface area contributed by atoms with Gasteiger partial charge in [0.1, 0.15) is 30.0 Å². The lowest BCUT2D eigenvalue weighted by Crippen LogP contribution is -2.38. The number of amides is 1. The number of aromatic nitrogens is 5. The number of benzene rings is 2. The molecular weight excluding hydrogens is 669 g/mol. The van der Waals surface area contributed by atoms with E-state index >= 15 is 0 Å². The molecule has 12 nitrogen and oxygen atoms in total. The number of hydrogen-bond donors (Lipinski definition) is 2. The zero-order valence-electron chi connectivity index (χ0n) is 30.7. The van der Waals surface area contributed by atoms with Gasteiger partial charge in [0.25, 0.3) is 0 Å². The molecule has 12 heteroatoms. The summed E-state index contributed by atoms with van der Waals surface area (Å²) in [6.45, 7) is 6.89. The Kier molecular flexibility index (Phi) is 10.6. The molecule has 1 fully saturated rings. The van der Waals surface area contributed by atoms with Gasteiger partial charge in [0.2, 0.25) is 11.9 Å². The minimum absolute atomic E-state index is 0.0725. The Morgan fingerprint density at radius 2 is 1.87 bits per heavy atom. The highest BCUT2D eigenvalue weighted by Crippen LogP contribution is 2.42. The molecule has 2 aliphatic rings. The largest absolute Gasteiger partial charge is 0.491 e. The van der Waals surface area contributed by atoms with Crippen molar-refractivity contribution >= 4 is 23.3 Å². The molecule has 0 radical (unpaired) electrons. The normalized spacial score (nSPS) is 18.7. The number of rotatable bonds is 13. The molecule has 4 heterocycles. The number of anilines is 2. The average molecular weight is 717 g/mol. The van der Waals surface area contributed by atoms with Crippen LogP contribution in [0.3, 0.4) is 0 Å². The highest BCUT2D eigenvalue weighted by molar-refractivity contribution is 5.90. The number of hydrogen-bond acceptors (Lipinski definition) is 9. The number of ether oxygens (including phenoxy) is 2. The smallest absolute Gasteiger partial charge is 0.232 e. The topological polar surface area (TPSA) is 143 Å². The Bertz CT molecular complexity index is 2100.